The van der Waals surface area contributed by atoms with Gasteiger partial charge in [-0.05, 0) is 59.2 Å². The average Bonchev–Trinajstić information content (AvgIpc) is 3.44. The van der Waals surface area contributed by atoms with Crippen LogP contribution in [0, 0.1) is 27.7 Å². The van der Waals surface area contributed by atoms with Crippen molar-refractivity contribution in [3.8, 4) is 11.3 Å². The third-order valence-electron chi connectivity index (χ3n) is 5.93. The number of nitrogens with zero attached hydrogens (tertiary/aromatic N) is 5. The number of pyridine rings is 1. The standard InChI is InChI=1S/C24H24N6O2S2/c1-11(2)30-21-18(9-26-30)17(8-19(27-21)16-7-12(3)33-15(16)6)22(31)28-29-10-25-23-20(24(29)32)13(4)14(5)34-23/h7-11H,1-6H3,(H,28,31). The van der Waals surface area contributed by atoms with E-state index in [0.717, 1.165) is 25.6 Å². The Morgan fingerprint density at radius 2 is 1.85 bits per heavy atom. The first kappa shape index (κ1) is 22.4. The normalized spacial score (nSPS) is 11.7. The molecule has 0 aliphatic heterocycles. The molecular formula is C24H24N6O2S2. The lowest BCUT2D eigenvalue weighted by Crippen LogP contribution is -2.33. The number of aromatic nitrogens is 5. The lowest BCUT2D eigenvalue weighted by Gasteiger charge is -2.12. The first-order chi connectivity index (χ1) is 16.2. The van der Waals surface area contributed by atoms with Gasteiger partial charge in [0, 0.05) is 26.2 Å². The highest BCUT2D eigenvalue weighted by molar-refractivity contribution is 7.18. The van der Waals surface area contributed by atoms with Gasteiger partial charge in [-0.3, -0.25) is 15.0 Å². The lowest BCUT2D eigenvalue weighted by molar-refractivity contribution is 0.101. The van der Waals surface area contributed by atoms with Gasteiger partial charge in [-0.15, -0.1) is 22.7 Å². The molecule has 0 aliphatic rings. The van der Waals surface area contributed by atoms with Crippen LogP contribution in [0.25, 0.3) is 32.5 Å². The van der Waals surface area contributed by atoms with Gasteiger partial charge < -0.3 is 0 Å². The van der Waals surface area contributed by atoms with Crippen LogP contribution in [-0.2, 0) is 0 Å². The van der Waals surface area contributed by atoms with E-state index in [1.54, 1.807) is 28.3 Å². The first-order valence-electron chi connectivity index (χ1n) is 10.9. The quantitative estimate of drug-likeness (QED) is 0.375. The van der Waals surface area contributed by atoms with Gasteiger partial charge in [0.2, 0.25) is 0 Å². The predicted molar refractivity (Wildman–Crippen MR) is 138 cm³/mol. The molecule has 0 spiro atoms. The fraction of sp³-hybridized carbons (Fsp3) is 0.292. The van der Waals surface area contributed by atoms with Crippen molar-refractivity contribution in [3.05, 3.63) is 60.8 Å². The molecule has 1 amide bonds. The van der Waals surface area contributed by atoms with E-state index in [1.807, 2.05) is 34.6 Å². The van der Waals surface area contributed by atoms with E-state index in [2.05, 4.69) is 28.5 Å². The molecule has 0 aromatic carbocycles. The van der Waals surface area contributed by atoms with Crippen molar-refractivity contribution in [2.75, 3.05) is 5.43 Å². The van der Waals surface area contributed by atoms with Crippen LogP contribution >= 0.6 is 22.7 Å². The minimum atomic E-state index is -0.422. The molecule has 10 heteroatoms. The Balaban J connectivity index is 1.66. The van der Waals surface area contributed by atoms with Crippen LogP contribution in [0.3, 0.4) is 0 Å². The van der Waals surface area contributed by atoms with Crippen LogP contribution in [0.1, 0.15) is 50.4 Å². The molecule has 0 fully saturated rings. The van der Waals surface area contributed by atoms with Crippen LogP contribution in [0.4, 0.5) is 0 Å². The zero-order valence-electron chi connectivity index (χ0n) is 19.8. The highest BCUT2D eigenvalue weighted by Crippen LogP contribution is 2.32. The minimum Gasteiger partial charge on any atom is -0.267 e. The van der Waals surface area contributed by atoms with Crippen molar-refractivity contribution >= 4 is 49.8 Å². The predicted octanol–water partition coefficient (Wildman–Crippen LogP) is 5.13. The maximum atomic E-state index is 13.5. The van der Waals surface area contributed by atoms with E-state index in [-0.39, 0.29) is 11.6 Å². The topological polar surface area (TPSA) is 94.7 Å². The third-order valence-corrected chi connectivity index (χ3v) is 8.01. The Hall–Kier alpha value is -3.37. The first-order valence-corrected chi connectivity index (χ1v) is 12.5. The van der Waals surface area contributed by atoms with Gasteiger partial charge in [-0.2, -0.15) is 5.10 Å². The molecule has 1 N–H and O–H groups in total. The van der Waals surface area contributed by atoms with Crippen molar-refractivity contribution in [2.24, 2.45) is 0 Å². The Bertz CT molecular complexity index is 1650. The molecule has 5 rings (SSSR count). The van der Waals surface area contributed by atoms with E-state index >= 15 is 0 Å². The Morgan fingerprint density at radius 3 is 2.53 bits per heavy atom. The van der Waals surface area contributed by atoms with Gasteiger partial charge in [0.1, 0.15) is 11.2 Å². The lowest BCUT2D eigenvalue weighted by atomic mass is 10.1. The number of fused-ring (bicyclic) bond motifs is 2. The van der Waals surface area contributed by atoms with Crippen LogP contribution < -0.4 is 11.0 Å². The number of hydrogen-bond acceptors (Lipinski definition) is 7. The second kappa shape index (κ2) is 8.14. The van der Waals surface area contributed by atoms with Crippen LogP contribution in [-0.4, -0.2) is 30.3 Å². The zero-order chi connectivity index (χ0) is 24.3. The summed E-state index contributed by atoms with van der Waals surface area (Å²) in [6, 6.07) is 3.92. The second-order valence-corrected chi connectivity index (χ2v) is 11.3. The number of hydrogen-bond donors (Lipinski definition) is 1. The smallest absolute Gasteiger partial charge is 0.267 e. The van der Waals surface area contributed by atoms with Gasteiger partial charge in [-0.25, -0.2) is 19.3 Å². The van der Waals surface area contributed by atoms with Crippen molar-refractivity contribution in [2.45, 2.75) is 47.6 Å². The molecule has 0 saturated heterocycles. The Kier molecular flexibility index (Phi) is 5.37. The highest BCUT2D eigenvalue weighted by Gasteiger charge is 2.21. The number of carbonyl (C=O) groups is 1. The molecule has 0 bridgehead atoms. The van der Waals surface area contributed by atoms with Crippen LogP contribution in [0.5, 0.6) is 0 Å². The summed E-state index contributed by atoms with van der Waals surface area (Å²) >= 11 is 3.16. The fourth-order valence-electron chi connectivity index (χ4n) is 4.09. The SMILES string of the molecule is Cc1cc(-c2cc(C(=O)Nn3cnc4sc(C)c(C)c4c3=O)c3cnn(C(C)C)c3n2)c(C)s1. The molecule has 5 aromatic heterocycles. The number of rotatable bonds is 4. The summed E-state index contributed by atoms with van der Waals surface area (Å²) in [5.41, 5.74) is 6.04. The Labute approximate surface area is 203 Å². The van der Waals surface area contributed by atoms with Crippen molar-refractivity contribution < 1.29 is 4.79 Å². The van der Waals surface area contributed by atoms with Crippen LogP contribution in [0.15, 0.2) is 29.5 Å². The molecule has 0 radical (unpaired) electrons. The molecule has 8 nitrogen and oxygen atoms in total. The number of aryl methyl sites for hydroxylation is 4. The van der Waals surface area contributed by atoms with E-state index in [9.17, 15) is 9.59 Å². The zero-order valence-corrected chi connectivity index (χ0v) is 21.4. The summed E-state index contributed by atoms with van der Waals surface area (Å²) in [5, 5.41) is 5.64. The third kappa shape index (κ3) is 3.54. The van der Waals surface area contributed by atoms with E-state index in [1.165, 1.54) is 22.5 Å². The van der Waals surface area contributed by atoms with Gasteiger partial charge in [0.05, 0.1) is 28.2 Å². The second-order valence-electron chi connectivity index (χ2n) is 8.63. The number of amides is 1. The van der Waals surface area contributed by atoms with E-state index in [0.29, 0.717) is 32.5 Å². The summed E-state index contributed by atoms with van der Waals surface area (Å²) < 4.78 is 2.96. The van der Waals surface area contributed by atoms with Gasteiger partial charge in [0.25, 0.3) is 11.5 Å². The molecule has 174 valence electrons. The summed E-state index contributed by atoms with van der Waals surface area (Å²) in [6.07, 6.45) is 3.02. The summed E-state index contributed by atoms with van der Waals surface area (Å²) in [5.74, 6) is -0.422. The van der Waals surface area contributed by atoms with Crippen molar-refractivity contribution in [1.29, 1.82) is 0 Å². The molecule has 5 heterocycles. The minimum absolute atomic E-state index is 0.0699. The molecule has 0 aliphatic carbocycles. The highest BCUT2D eigenvalue weighted by atomic mass is 32.1. The number of nitrogens with one attached hydrogen (secondary N) is 1. The van der Waals surface area contributed by atoms with Crippen LogP contribution in [0.2, 0.25) is 0 Å². The average molecular weight is 493 g/mol. The summed E-state index contributed by atoms with van der Waals surface area (Å²) in [7, 11) is 0. The largest absolute Gasteiger partial charge is 0.281 e. The van der Waals surface area contributed by atoms with Gasteiger partial charge in [-0.1, -0.05) is 0 Å². The number of thiophene rings is 2. The molecule has 34 heavy (non-hydrogen) atoms. The molecule has 0 unspecified atom stereocenters. The summed E-state index contributed by atoms with van der Waals surface area (Å²) in [4.78, 5) is 39.9. The maximum Gasteiger partial charge on any atom is 0.281 e. The van der Waals surface area contributed by atoms with Gasteiger partial charge >= 0.3 is 0 Å². The Morgan fingerprint density at radius 1 is 1.09 bits per heavy atom. The summed E-state index contributed by atoms with van der Waals surface area (Å²) in [6.45, 7) is 12.0. The van der Waals surface area contributed by atoms with Crippen molar-refractivity contribution in [1.82, 2.24) is 24.4 Å². The van der Waals surface area contributed by atoms with E-state index < -0.39 is 5.91 Å². The molecule has 5 aromatic rings. The van der Waals surface area contributed by atoms with Gasteiger partial charge in [0.15, 0.2) is 5.65 Å². The molecule has 0 saturated carbocycles. The fourth-order valence-corrected chi connectivity index (χ4v) is 6.01. The monoisotopic (exact) mass is 492 g/mol. The van der Waals surface area contributed by atoms with E-state index in [4.69, 9.17) is 4.98 Å². The molecule has 0 atom stereocenters. The molecular weight excluding hydrogens is 468 g/mol. The number of carbonyl (C=O) groups excluding carboxylic acids is 1. The van der Waals surface area contributed by atoms with Crippen molar-refractivity contribution in [3.63, 3.8) is 0 Å². The maximum absolute atomic E-state index is 13.5.